The van der Waals surface area contributed by atoms with Gasteiger partial charge in [-0.1, -0.05) is 19.0 Å². The molecule has 0 aliphatic rings. The Morgan fingerprint density at radius 2 is 2.00 bits per heavy atom. The number of aliphatic imine (C=N–C) groups is 1. The SMILES string of the molecule is CCNC(=NCc1c(CC)noc1CC)NCCOc1ncccc1C(F)(F)F. The molecular weight excluding hydrogens is 387 g/mol. The molecule has 0 atom stereocenters. The number of ether oxygens (including phenoxy) is 1. The van der Waals surface area contributed by atoms with E-state index < -0.39 is 17.6 Å². The molecule has 0 saturated carbocycles. The Labute approximate surface area is 167 Å². The number of hydrogen-bond acceptors (Lipinski definition) is 5. The maximum absolute atomic E-state index is 13.0. The van der Waals surface area contributed by atoms with Gasteiger partial charge in [0.1, 0.15) is 17.9 Å². The van der Waals surface area contributed by atoms with Gasteiger partial charge in [0.25, 0.3) is 0 Å². The second-order valence-corrected chi connectivity index (χ2v) is 6.06. The fraction of sp³-hybridized carbons (Fsp3) is 0.526. The van der Waals surface area contributed by atoms with Crippen LogP contribution in [0.3, 0.4) is 0 Å². The molecule has 0 saturated heterocycles. The van der Waals surface area contributed by atoms with Crippen molar-refractivity contribution in [3.05, 3.63) is 40.9 Å². The Hall–Kier alpha value is -2.78. The number of nitrogens with one attached hydrogen (secondary N) is 2. The first-order chi connectivity index (χ1) is 13.9. The first-order valence-corrected chi connectivity index (χ1v) is 9.54. The summed E-state index contributed by atoms with van der Waals surface area (Å²) < 4.78 is 49.5. The first kappa shape index (κ1) is 22.5. The highest BCUT2D eigenvalue weighted by Crippen LogP contribution is 2.34. The van der Waals surface area contributed by atoms with Crippen LogP contribution in [0.15, 0.2) is 27.8 Å². The summed E-state index contributed by atoms with van der Waals surface area (Å²) in [6.07, 6.45) is -1.78. The summed E-state index contributed by atoms with van der Waals surface area (Å²) in [5.41, 5.74) is 0.943. The van der Waals surface area contributed by atoms with E-state index in [1.54, 1.807) is 0 Å². The fourth-order valence-electron chi connectivity index (χ4n) is 2.66. The van der Waals surface area contributed by atoms with Gasteiger partial charge in [-0.15, -0.1) is 0 Å². The zero-order chi connectivity index (χ0) is 21.3. The van der Waals surface area contributed by atoms with E-state index >= 15 is 0 Å². The van der Waals surface area contributed by atoms with E-state index in [4.69, 9.17) is 9.26 Å². The molecular formula is C19H26F3N5O2. The van der Waals surface area contributed by atoms with Gasteiger partial charge in [-0.2, -0.15) is 13.2 Å². The topological polar surface area (TPSA) is 84.6 Å². The van der Waals surface area contributed by atoms with Crippen LogP contribution in [0.1, 0.15) is 43.4 Å². The van der Waals surface area contributed by atoms with Gasteiger partial charge in [-0.25, -0.2) is 9.98 Å². The third-order valence-corrected chi connectivity index (χ3v) is 4.06. The Bertz CT molecular complexity index is 784. The number of rotatable bonds is 9. The van der Waals surface area contributed by atoms with E-state index in [2.05, 4.69) is 25.8 Å². The summed E-state index contributed by atoms with van der Waals surface area (Å²) in [5.74, 6) is 0.895. The van der Waals surface area contributed by atoms with Gasteiger partial charge in [-0.3, -0.25) is 0 Å². The second kappa shape index (κ2) is 10.7. The molecule has 7 nitrogen and oxygen atoms in total. The van der Waals surface area contributed by atoms with Crippen LogP contribution >= 0.6 is 0 Å². The molecule has 2 aromatic heterocycles. The summed E-state index contributed by atoms with van der Waals surface area (Å²) in [6.45, 7) is 7.19. The first-order valence-electron chi connectivity index (χ1n) is 9.54. The largest absolute Gasteiger partial charge is 0.475 e. The van der Waals surface area contributed by atoms with Gasteiger partial charge in [0.2, 0.25) is 5.88 Å². The van der Waals surface area contributed by atoms with E-state index in [0.717, 1.165) is 35.9 Å². The Morgan fingerprint density at radius 3 is 2.66 bits per heavy atom. The molecule has 0 unspecified atom stereocenters. The highest BCUT2D eigenvalue weighted by atomic mass is 19.4. The minimum atomic E-state index is -4.51. The molecule has 2 N–H and O–H groups in total. The maximum atomic E-state index is 13.0. The molecule has 2 aromatic rings. The number of halogens is 3. The maximum Gasteiger partial charge on any atom is 0.421 e. The van der Waals surface area contributed by atoms with E-state index in [9.17, 15) is 13.2 Å². The number of alkyl halides is 3. The van der Waals surface area contributed by atoms with Crippen molar-refractivity contribution in [1.82, 2.24) is 20.8 Å². The molecule has 0 radical (unpaired) electrons. The van der Waals surface area contributed by atoms with Crippen molar-refractivity contribution >= 4 is 5.96 Å². The van der Waals surface area contributed by atoms with Crippen LogP contribution < -0.4 is 15.4 Å². The van der Waals surface area contributed by atoms with Crippen LogP contribution in [0.4, 0.5) is 13.2 Å². The quantitative estimate of drug-likeness (QED) is 0.373. The summed E-state index contributed by atoms with van der Waals surface area (Å²) >= 11 is 0. The van der Waals surface area contributed by atoms with Crippen molar-refractivity contribution in [2.75, 3.05) is 19.7 Å². The van der Waals surface area contributed by atoms with Gasteiger partial charge in [0, 0.05) is 24.7 Å². The number of pyridine rings is 1. The molecule has 0 aromatic carbocycles. The van der Waals surface area contributed by atoms with E-state index in [1.807, 2.05) is 20.8 Å². The van der Waals surface area contributed by atoms with Gasteiger partial charge < -0.3 is 19.9 Å². The summed E-state index contributed by atoms with van der Waals surface area (Å²) in [5, 5.41) is 10.2. The van der Waals surface area contributed by atoms with Crippen molar-refractivity contribution in [2.45, 2.75) is 46.3 Å². The molecule has 160 valence electrons. The molecule has 29 heavy (non-hydrogen) atoms. The summed E-state index contributed by atoms with van der Waals surface area (Å²) in [6, 6.07) is 2.17. The standard InChI is InChI=1S/C19H26F3N5O2/c1-4-15-13(16(5-2)29-27-15)12-26-18(23-6-3)25-10-11-28-17-14(19(20,21)22)8-7-9-24-17/h7-9H,4-6,10-12H2,1-3H3,(H2,23,25,26). The molecule has 0 aliphatic heterocycles. The minimum absolute atomic E-state index is 0.00179. The summed E-state index contributed by atoms with van der Waals surface area (Å²) in [7, 11) is 0. The van der Waals surface area contributed by atoms with Crippen LogP contribution in [0.25, 0.3) is 0 Å². The normalized spacial score (nSPS) is 12.1. The molecule has 2 heterocycles. The number of aryl methyl sites for hydroxylation is 2. The summed E-state index contributed by atoms with van der Waals surface area (Å²) in [4.78, 5) is 8.19. The third-order valence-electron chi connectivity index (χ3n) is 4.06. The smallest absolute Gasteiger partial charge is 0.421 e. The molecule has 10 heteroatoms. The van der Waals surface area contributed by atoms with Crippen molar-refractivity contribution < 1.29 is 22.4 Å². The van der Waals surface area contributed by atoms with Crippen molar-refractivity contribution in [2.24, 2.45) is 4.99 Å². The fourth-order valence-corrected chi connectivity index (χ4v) is 2.66. The highest BCUT2D eigenvalue weighted by molar-refractivity contribution is 5.79. The second-order valence-electron chi connectivity index (χ2n) is 6.06. The monoisotopic (exact) mass is 413 g/mol. The highest BCUT2D eigenvalue weighted by Gasteiger charge is 2.34. The molecule has 0 bridgehead atoms. The minimum Gasteiger partial charge on any atom is -0.475 e. The van der Waals surface area contributed by atoms with Crippen LogP contribution in [0.2, 0.25) is 0 Å². The van der Waals surface area contributed by atoms with Crippen molar-refractivity contribution in [1.29, 1.82) is 0 Å². The van der Waals surface area contributed by atoms with E-state index in [0.29, 0.717) is 19.0 Å². The lowest BCUT2D eigenvalue weighted by Crippen LogP contribution is -2.39. The molecule has 0 fully saturated rings. The van der Waals surface area contributed by atoms with Gasteiger partial charge >= 0.3 is 6.18 Å². The number of hydrogen-bond donors (Lipinski definition) is 2. The predicted octanol–water partition coefficient (Wildman–Crippen LogP) is 3.35. The zero-order valence-corrected chi connectivity index (χ0v) is 16.8. The number of nitrogens with zero attached hydrogens (tertiary/aromatic N) is 3. The predicted molar refractivity (Wildman–Crippen MR) is 103 cm³/mol. The zero-order valence-electron chi connectivity index (χ0n) is 16.8. The molecule has 0 spiro atoms. The molecule has 2 rings (SSSR count). The van der Waals surface area contributed by atoms with E-state index in [-0.39, 0.29) is 13.2 Å². The third kappa shape index (κ3) is 6.37. The lowest BCUT2D eigenvalue weighted by Gasteiger charge is -2.14. The van der Waals surface area contributed by atoms with E-state index in [1.165, 1.54) is 12.3 Å². The van der Waals surface area contributed by atoms with Crippen LogP contribution in [-0.2, 0) is 25.6 Å². The number of aromatic nitrogens is 2. The number of guanidine groups is 1. The Kier molecular flexibility index (Phi) is 8.29. The van der Waals surface area contributed by atoms with Crippen LogP contribution in [-0.4, -0.2) is 35.8 Å². The van der Waals surface area contributed by atoms with Gasteiger partial charge in [0.05, 0.1) is 18.8 Å². The average Bonchev–Trinajstić information content (AvgIpc) is 3.10. The Morgan fingerprint density at radius 1 is 1.21 bits per heavy atom. The lowest BCUT2D eigenvalue weighted by molar-refractivity contribution is -0.139. The van der Waals surface area contributed by atoms with Crippen molar-refractivity contribution in [3.8, 4) is 5.88 Å². The molecule has 0 amide bonds. The van der Waals surface area contributed by atoms with Crippen molar-refractivity contribution in [3.63, 3.8) is 0 Å². The average molecular weight is 413 g/mol. The lowest BCUT2D eigenvalue weighted by atomic mass is 10.1. The van der Waals surface area contributed by atoms with Gasteiger partial charge in [-0.05, 0) is 25.5 Å². The van der Waals surface area contributed by atoms with Gasteiger partial charge in [0.15, 0.2) is 5.96 Å². The van der Waals surface area contributed by atoms with Crippen LogP contribution in [0.5, 0.6) is 5.88 Å². The Balaban J connectivity index is 1.95. The molecule has 0 aliphatic carbocycles. The van der Waals surface area contributed by atoms with Crippen LogP contribution in [0, 0.1) is 0 Å².